The molecule has 0 unspecified atom stereocenters. The Hall–Kier alpha value is -2.21. The molecule has 1 aliphatic heterocycles. The molecular formula is C15H17FN2O3. The van der Waals surface area contributed by atoms with E-state index in [1.807, 2.05) is 0 Å². The van der Waals surface area contributed by atoms with Gasteiger partial charge < -0.3 is 15.3 Å². The van der Waals surface area contributed by atoms with Gasteiger partial charge in [-0.2, -0.15) is 0 Å². The van der Waals surface area contributed by atoms with Crippen LogP contribution in [0.2, 0.25) is 0 Å². The van der Waals surface area contributed by atoms with Crippen molar-refractivity contribution in [2.45, 2.75) is 12.8 Å². The molecule has 0 saturated heterocycles. The van der Waals surface area contributed by atoms with Crippen LogP contribution in [0.15, 0.2) is 24.8 Å². The molecule has 112 valence electrons. The number of carbonyl (C=O) groups excluding carboxylic acids is 2. The smallest absolute Gasteiger partial charge is 0.257 e. The number of hydrogen-bond donors (Lipinski definition) is 2. The van der Waals surface area contributed by atoms with Gasteiger partial charge in [0.05, 0.1) is 12.2 Å². The normalized spacial score (nSPS) is 13.3. The summed E-state index contributed by atoms with van der Waals surface area (Å²) in [4.78, 5) is 24.9. The number of halogens is 1. The summed E-state index contributed by atoms with van der Waals surface area (Å²) in [7, 11) is 0. The topological polar surface area (TPSA) is 69.6 Å². The summed E-state index contributed by atoms with van der Waals surface area (Å²) in [6.45, 7) is 3.67. The molecule has 0 aromatic heterocycles. The van der Waals surface area contributed by atoms with E-state index in [9.17, 15) is 14.0 Å². The molecule has 2 N–H and O–H groups in total. The number of nitrogens with one attached hydrogen (secondary N) is 1. The van der Waals surface area contributed by atoms with Gasteiger partial charge in [0.1, 0.15) is 5.82 Å². The molecule has 0 bridgehead atoms. The fraction of sp³-hybridized carbons (Fsp3) is 0.333. The standard InChI is InChI=1S/C15H17FN2O3/c1-2-5-18(6-7-19)15(21)11-8-10-3-4-14(20)17-13(10)9-12(11)16/h2,8-9,19H,1,3-7H2,(H,17,20). The first kappa shape index (κ1) is 15.2. The summed E-state index contributed by atoms with van der Waals surface area (Å²) in [5, 5.41) is 11.6. The highest BCUT2D eigenvalue weighted by Gasteiger charge is 2.23. The van der Waals surface area contributed by atoms with E-state index >= 15 is 0 Å². The fourth-order valence-electron chi connectivity index (χ4n) is 2.29. The number of nitrogens with zero attached hydrogens (tertiary/aromatic N) is 1. The molecule has 1 aromatic carbocycles. The SMILES string of the molecule is C=CCN(CCO)C(=O)c1cc2c(cc1F)NC(=O)CC2. The maximum atomic E-state index is 14.1. The predicted octanol–water partition coefficient (Wildman–Crippen LogP) is 1.33. The van der Waals surface area contributed by atoms with Crippen molar-refractivity contribution in [2.75, 3.05) is 25.0 Å². The predicted molar refractivity (Wildman–Crippen MR) is 76.5 cm³/mol. The number of carbonyl (C=O) groups is 2. The molecule has 1 aliphatic rings. The van der Waals surface area contributed by atoms with Crippen molar-refractivity contribution in [3.05, 3.63) is 41.7 Å². The Labute approximate surface area is 122 Å². The van der Waals surface area contributed by atoms with Gasteiger partial charge in [-0.15, -0.1) is 6.58 Å². The monoisotopic (exact) mass is 292 g/mol. The van der Waals surface area contributed by atoms with E-state index in [1.54, 1.807) is 0 Å². The first-order chi connectivity index (χ1) is 10.1. The average Bonchev–Trinajstić information content (AvgIpc) is 2.45. The molecular weight excluding hydrogens is 275 g/mol. The Bertz CT molecular complexity index is 587. The van der Waals surface area contributed by atoms with E-state index in [0.717, 1.165) is 5.56 Å². The largest absolute Gasteiger partial charge is 0.395 e. The highest BCUT2D eigenvalue weighted by atomic mass is 19.1. The summed E-state index contributed by atoms with van der Waals surface area (Å²) < 4.78 is 14.1. The number of benzene rings is 1. The molecule has 2 rings (SSSR count). The molecule has 0 saturated carbocycles. The van der Waals surface area contributed by atoms with Gasteiger partial charge in [-0.25, -0.2) is 4.39 Å². The molecule has 0 atom stereocenters. The van der Waals surface area contributed by atoms with Gasteiger partial charge in [0, 0.05) is 25.2 Å². The summed E-state index contributed by atoms with van der Waals surface area (Å²) in [6.07, 6.45) is 2.31. The van der Waals surface area contributed by atoms with Crippen molar-refractivity contribution in [3.8, 4) is 0 Å². The molecule has 1 heterocycles. The number of aliphatic hydroxyl groups is 1. The minimum absolute atomic E-state index is 0.0554. The van der Waals surface area contributed by atoms with Crippen LogP contribution in [0.4, 0.5) is 10.1 Å². The zero-order valence-corrected chi connectivity index (χ0v) is 11.6. The number of hydrogen-bond acceptors (Lipinski definition) is 3. The van der Waals surface area contributed by atoms with Crippen LogP contribution < -0.4 is 5.32 Å². The van der Waals surface area contributed by atoms with Crippen molar-refractivity contribution < 1.29 is 19.1 Å². The van der Waals surface area contributed by atoms with Crippen LogP contribution in [0, 0.1) is 5.82 Å². The lowest BCUT2D eigenvalue weighted by Crippen LogP contribution is -2.34. The van der Waals surface area contributed by atoms with Gasteiger partial charge in [-0.1, -0.05) is 6.08 Å². The molecule has 0 fully saturated rings. The minimum Gasteiger partial charge on any atom is -0.395 e. The zero-order chi connectivity index (χ0) is 15.4. The van der Waals surface area contributed by atoms with Crippen molar-refractivity contribution in [2.24, 2.45) is 0 Å². The zero-order valence-electron chi connectivity index (χ0n) is 11.6. The summed E-state index contributed by atoms with van der Waals surface area (Å²) >= 11 is 0. The fourth-order valence-corrected chi connectivity index (χ4v) is 2.29. The number of aliphatic hydroxyl groups excluding tert-OH is 1. The second-order valence-corrected chi connectivity index (χ2v) is 4.80. The molecule has 2 amide bonds. The Balaban J connectivity index is 2.32. The van der Waals surface area contributed by atoms with E-state index in [4.69, 9.17) is 5.11 Å². The minimum atomic E-state index is -0.687. The first-order valence-electron chi connectivity index (χ1n) is 6.70. The third-order valence-electron chi connectivity index (χ3n) is 3.33. The highest BCUT2D eigenvalue weighted by Crippen LogP contribution is 2.26. The Kier molecular flexibility index (Phi) is 4.70. The van der Waals surface area contributed by atoms with Crippen LogP contribution in [0.5, 0.6) is 0 Å². The van der Waals surface area contributed by atoms with Crippen molar-refractivity contribution in [3.63, 3.8) is 0 Å². The van der Waals surface area contributed by atoms with Crippen LogP contribution in [-0.2, 0) is 11.2 Å². The van der Waals surface area contributed by atoms with Gasteiger partial charge in [0.2, 0.25) is 5.91 Å². The first-order valence-corrected chi connectivity index (χ1v) is 6.70. The van der Waals surface area contributed by atoms with Crippen LogP contribution in [-0.4, -0.2) is 41.5 Å². The summed E-state index contributed by atoms with van der Waals surface area (Å²) in [5.74, 6) is -1.34. The number of aryl methyl sites for hydroxylation is 1. The van der Waals surface area contributed by atoms with Crippen LogP contribution in [0.25, 0.3) is 0 Å². The highest BCUT2D eigenvalue weighted by molar-refractivity contribution is 5.98. The van der Waals surface area contributed by atoms with Gasteiger partial charge >= 0.3 is 0 Å². The number of rotatable bonds is 5. The van der Waals surface area contributed by atoms with E-state index in [-0.39, 0.29) is 31.2 Å². The molecule has 1 aromatic rings. The van der Waals surface area contributed by atoms with Gasteiger partial charge in [0.15, 0.2) is 0 Å². The second kappa shape index (κ2) is 6.49. The van der Waals surface area contributed by atoms with Gasteiger partial charge in [0.25, 0.3) is 5.91 Å². The lowest BCUT2D eigenvalue weighted by atomic mass is 9.99. The van der Waals surface area contributed by atoms with Crippen LogP contribution >= 0.6 is 0 Å². The van der Waals surface area contributed by atoms with Crippen molar-refractivity contribution in [1.29, 1.82) is 0 Å². The van der Waals surface area contributed by atoms with E-state index in [1.165, 1.54) is 23.1 Å². The molecule has 6 heteroatoms. The number of amides is 2. The van der Waals surface area contributed by atoms with Crippen molar-refractivity contribution in [1.82, 2.24) is 4.90 Å². The number of fused-ring (bicyclic) bond motifs is 1. The molecule has 0 aliphatic carbocycles. The summed E-state index contributed by atoms with van der Waals surface area (Å²) in [6, 6.07) is 2.64. The maximum absolute atomic E-state index is 14.1. The quantitative estimate of drug-likeness (QED) is 0.804. The summed E-state index contributed by atoms with van der Waals surface area (Å²) in [5.41, 5.74) is 1.10. The molecule has 0 spiro atoms. The van der Waals surface area contributed by atoms with Crippen molar-refractivity contribution >= 4 is 17.5 Å². The van der Waals surface area contributed by atoms with Gasteiger partial charge in [-0.05, 0) is 24.1 Å². The molecule has 21 heavy (non-hydrogen) atoms. The third kappa shape index (κ3) is 3.28. The number of anilines is 1. The maximum Gasteiger partial charge on any atom is 0.257 e. The van der Waals surface area contributed by atoms with E-state index in [0.29, 0.717) is 18.5 Å². The van der Waals surface area contributed by atoms with Crippen LogP contribution in [0.1, 0.15) is 22.3 Å². The Morgan fingerprint density at radius 1 is 1.48 bits per heavy atom. The Morgan fingerprint density at radius 3 is 2.90 bits per heavy atom. The van der Waals surface area contributed by atoms with E-state index in [2.05, 4.69) is 11.9 Å². The average molecular weight is 292 g/mol. The third-order valence-corrected chi connectivity index (χ3v) is 3.33. The lowest BCUT2D eigenvalue weighted by molar-refractivity contribution is -0.116. The molecule has 0 radical (unpaired) electrons. The Morgan fingerprint density at radius 2 is 2.24 bits per heavy atom. The van der Waals surface area contributed by atoms with Gasteiger partial charge in [-0.3, -0.25) is 9.59 Å². The molecule has 5 nitrogen and oxygen atoms in total. The van der Waals surface area contributed by atoms with Crippen LogP contribution in [0.3, 0.4) is 0 Å². The van der Waals surface area contributed by atoms with E-state index < -0.39 is 11.7 Å². The lowest BCUT2D eigenvalue weighted by Gasteiger charge is -2.22. The second-order valence-electron chi connectivity index (χ2n) is 4.80.